The summed E-state index contributed by atoms with van der Waals surface area (Å²) in [6.07, 6.45) is 10.1. The summed E-state index contributed by atoms with van der Waals surface area (Å²) in [5.41, 5.74) is 0. The zero-order valence-electron chi connectivity index (χ0n) is 8.19. The number of hydrogen-bond donors (Lipinski definition) is 0. The van der Waals surface area contributed by atoms with Gasteiger partial charge in [0, 0.05) is 12.7 Å². The van der Waals surface area contributed by atoms with Crippen LogP contribution in [-0.4, -0.2) is 9.78 Å². The molecule has 3 atom stereocenters. The molecule has 2 aliphatic carbocycles. The van der Waals surface area contributed by atoms with Crippen LogP contribution in [0.4, 0.5) is 0 Å². The van der Waals surface area contributed by atoms with E-state index in [1.165, 1.54) is 29.3 Å². The molecule has 2 fully saturated rings. The minimum Gasteiger partial charge on any atom is -0.271 e. The molecule has 3 heteroatoms. The van der Waals surface area contributed by atoms with Crippen molar-refractivity contribution in [2.45, 2.75) is 32.2 Å². The van der Waals surface area contributed by atoms with Crippen LogP contribution < -0.4 is 0 Å². The van der Waals surface area contributed by atoms with E-state index >= 15 is 0 Å². The van der Waals surface area contributed by atoms with Crippen LogP contribution >= 0.6 is 22.6 Å². The average Bonchev–Trinajstić information content (AvgIpc) is 2.82. The van der Waals surface area contributed by atoms with Gasteiger partial charge in [0.05, 0.1) is 9.77 Å². The lowest BCUT2D eigenvalue weighted by Gasteiger charge is -2.21. The van der Waals surface area contributed by atoms with Crippen molar-refractivity contribution in [3.8, 4) is 0 Å². The fourth-order valence-corrected chi connectivity index (χ4v) is 3.72. The van der Waals surface area contributed by atoms with E-state index in [4.69, 9.17) is 0 Å². The van der Waals surface area contributed by atoms with Crippen molar-refractivity contribution in [3.63, 3.8) is 0 Å². The molecule has 0 saturated heterocycles. The van der Waals surface area contributed by atoms with Crippen molar-refractivity contribution in [3.05, 3.63) is 16.0 Å². The maximum Gasteiger partial charge on any atom is 0.0623 e. The summed E-state index contributed by atoms with van der Waals surface area (Å²) in [5, 5.41) is 4.37. The second-order valence-corrected chi connectivity index (χ2v) is 6.06. The van der Waals surface area contributed by atoms with Gasteiger partial charge in [0.25, 0.3) is 0 Å². The van der Waals surface area contributed by atoms with E-state index < -0.39 is 0 Å². The lowest BCUT2D eigenvalue weighted by Crippen LogP contribution is -2.17. The summed E-state index contributed by atoms with van der Waals surface area (Å²) >= 11 is 2.33. The molecular formula is C11H15IN2. The minimum absolute atomic E-state index is 0.921. The minimum atomic E-state index is 0.921. The van der Waals surface area contributed by atoms with E-state index in [9.17, 15) is 0 Å². The quantitative estimate of drug-likeness (QED) is 0.768. The summed E-state index contributed by atoms with van der Waals surface area (Å²) in [7, 11) is 0. The lowest BCUT2D eigenvalue weighted by atomic mass is 9.89. The van der Waals surface area contributed by atoms with E-state index in [2.05, 4.69) is 38.6 Å². The van der Waals surface area contributed by atoms with E-state index in [0.717, 1.165) is 24.3 Å². The van der Waals surface area contributed by atoms with Gasteiger partial charge in [0.2, 0.25) is 0 Å². The predicted octanol–water partition coefficient (Wildman–Crippen LogP) is 2.92. The third-order valence-corrected chi connectivity index (χ3v) is 4.46. The Morgan fingerprint density at radius 1 is 1.43 bits per heavy atom. The van der Waals surface area contributed by atoms with Crippen LogP contribution in [0.3, 0.4) is 0 Å². The Balaban J connectivity index is 1.68. The summed E-state index contributed by atoms with van der Waals surface area (Å²) in [6, 6.07) is 0. The molecule has 0 N–H and O–H groups in total. The number of hydrogen-bond acceptors (Lipinski definition) is 1. The first-order valence-corrected chi connectivity index (χ1v) is 6.57. The van der Waals surface area contributed by atoms with Gasteiger partial charge in [-0.3, -0.25) is 4.68 Å². The molecule has 1 aromatic rings. The molecule has 2 bridgehead atoms. The SMILES string of the molecule is Ic1cnn(CC2CC3CCC2C3)c1. The molecule has 0 amide bonds. The van der Waals surface area contributed by atoms with Crippen LogP contribution in [0.1, 0.15) is 25.7 Å². The Labute approximate surface area is 98.2 Å². The molecular weight excluding hydrogens is 287 g/mol. The fraction of sp³-hybridized carbons (Fsp3) is 0.727. The summed E-state index contributed by atoms with van der Waals surface area (Å²) in [4.78, 5) is 0. The van der Waals surface area contributed by atoms with Crippen LogP contribution in [0, 0.1) is 21.3 Å². The molecule has 14 heavy (non-hydrogen) atoms. The van der Waals surface area contributed by atoms with Gasteiger partial charge in [0.1, 0.15) is 0 Å². The highest BCUT2D eigenvalue weighted by Crippen LogP contribution is 2.48. The molecule has 0 aliphatic heterocycles. The highest BCUT2D eigenvalue weighted by molar-refractivity contribution is 14.1. The highest BCUT2D eigenvalue weighted by Gasteiger charge is 2.39. The van der Waals surface area contributed by atoms with Crippen molar-refractivity contribution in [1.82, 2.24) is 9.78 Å². The molecule has 2 nitrogen and oxygen atoms in total. The standard InChI is InChI=1S/C11H15IN2/c12-11-5-13-14(7-11)6-10-4-8-1-2-9(10)3-8/h5,7-10H,1-4,6H2. The Kier molecular flexibility index (Phi) is 2.30. The average molecular weight is 302 g/mol. The second-order valence-electron chi connectivity index (χ2n) is 4.82. The van der Waals surface area contributed by atoms with Crippen LogP contribution in [0.25, 0.3) is 0 Å². The Morgan fingerprint density at radius 3 is 2.93 bits per heavy atom. The molecule has 76 valence electrons. The molecule has 0 radical (unpaired) electrons. The van der Waals surface area contributed by atoms with Crippen molar-refractivity contribution in [1.29, 1.82) is 0 Å². The Bertz CT molecular complexity index is 334. The topological polar surface area (TPSA) is 17.8 Å². The summed E-state index contributed by atoms with van der Waals surface area (Å²) < 4.78 is 3.39. The summed E-state index contributed by atoms with van der Waals surface area (Å²) in [6.45, 7) is 1.16. The molecule has 3 rings (SSSR count). The summed E-state index contributed by atoms with van der Waals surface area (Å²) in [5.74, 6) is 2.99. The molecule has 0 aromatic carbocycles. The van der Waals surface area contributed by atoms with Gasteiger partial charge in [-0.1, -0.05) is 6.42 Å². The normalized spacial score (nSPS) is 35.4. The number of halogens is 1. The van der Waals surface area contributed by atoms with Crippen LogP contribution in [0.2, 0.25) is 0 Å². The van der Waals surface area contributed by atoms with E-state index in [0.29, 0.717) is 0 Å². The molecule has 1 heterocycles. The fourth-order valence-electron chi connectivity index (χ4n) is 3.28. The predicted molar refractivity (Wildman–Crippen MR) is 63.9 cm³/mol. The van der Waals surface area contributed by atoms with Gasteiger partial charge >= 0.3 is 0 Å². The van der Waals surface area contributed by atoms with Gasteiger partial charge in [-0.25, -0.2) is 0 Å². The zero-order chi connectivity index (χ0) is 9.54. The monoisotopic (exact) mass is 302 g/mol. The number of nitrogens with zero attached hydrogens (tertiary/aromatic N) is 2. The first-order valence-electron chi connectivity index (χ1n) is 5.49. The maximum atomic E-state index is 4.37. The maximum absolute atomic E-state index is 4.37. The number of fused-ring (bicyclic) bond motifs is 2. The van der Waals surface area contributed by atoms with Gasteiger partial charge in [-0.2, -0.15) is 5.10 Å². The Morgan fingerprint density at radius 2 is 2.36 bits per heavy atom. The van der Waals surface area contributed by atoms with Crippen molar-refractivity contribution >= 4 is 22.6 Å². The molecule has 3 unspecified atom stereocenters. The molecule has 2 aliphatic rings. The van der Waals surface area contributed by atoms with Gasteiger partial charge in [-0.15, -0.1) is 0 Å². The first kappa shape index (κ1) is 9.19. The van der Waals surface area contributed by atoms with Crippen molar-refractivity contribution in [2.24, 2.45) is 17.8 Å². The van der Waals surface area contributed by atoms with Gasteiger partial charge in [-0.05, 0) is 59.6 Å². The van der Waals surface area contributed by atoms with E-state index in [1.54, 1.807) is 0 Å². The third-order valence-electron chi connectivity index (χ3n) is 3.91. The van der Waals surface area contributed by atoms with Crippen molar-refractivity contribution in [2.75, 3.05) is 0 Å². The smallest absolute Gasteiger partial charge is 0.0623 e. The van der Waals surface area contributed by atoms with Crippen LogP contribution in [0.5, 0.6) is 0 Å². The van der Waals surface area contributed by atoms with Gasteiger partial charge in [0.15, 0.2) is 0 Å². The number of rotatable bonds is 2. The first-order chi connectivity index (χ1) is 6.81. The molecule has 0 spiro atoms. The largest absolute Gasteiger partial charge is 0.271 e. The molecule has 2 saturated carbocycles. The third kappa shape index (κ3) is 1.59. The molecule has 1 aromatic heterocycles. The zero-order valence-corrected chi connectivity index (χ0v) is 10.4. The van der Waals surface area contributed by atoms with Crippen LogP contribution in [-0.2, 0) is 6.54 Å². The van der Waals surface area contributed by atoms with Crippen molar-refractivity contribution < 1.29 is 0 Å². The van der Waals surface area contributed by atoms with E-state index in [-0.39, 0.29) is 0 Å². The lowest BCUT2D eigenvalue weighted by molar-refractivity contribution is 0.285. The second kappa shape index (κ2) is 3.51. The van der Waals surface area contributed by atoms with Crippen LogP contribution in [0.15, 0.2) is 12.4 Å². The van der Waals surface area contributed by atoms with Gasteiger partial charge < -0.3 is 0 Å². The number of aromatic nitrogens is 2. The van der Waals surface area contributed by atoms with E-state index in [1.807, 2.05) is 6.20 Å². The Hall–Kier alpha value is -0.0600. The highest BCUT2D eigenvalue weighted by atomic mass is 127.